The summed E-state index contributed by atoms with van der Waals surface area (Å²) >= 11 is 0. The van der Waals surface area contributed by atoms with Gasteiger partial charge in [-0.25, -0.2) is 12.7 Å². The van der Waals surface area contributed by atoms with Crippen LogP contribution in [0, 0.1) is 5.92 Å². The fraction of sp³-hybridized carbons (Fsp3) is 0.500. The molecule has 0 amide bonds. The number of sulfonamides is 1. The minimum atomic E-state index is -3.13. The van der Waals surface area contributed by atoms with Crippen molar-refractivity contribution >= 4 is 10.0 Å². The van der Waals surface area contributed by atoms with Gasteiger partial charge in [0.2, 0.25) is 10.0 Å². The summed E-state index contributed by atoms with van der Waals surface area (Å²) < 4.78 is 28.8. The van der Waals surface area contributed by atoms with Gasteiger partial charge < -0.3 is 0 Å². The van der Waals surface area contributed by atoms with E-state index in [1.807, 2.05) is 29.9 Å². The first-order valence-electron chi connectivity index (χ1n) is 8.62. The average molecular weight is 345 g/mol. The molecule has 128 valence electrons. The van der Waals surface area contributed by atoms with Gasteiger partial charge in [0.05, 0.1) is 11.4 Å². The molecule has 24 heavy (non-hydrogen) atoms. The van der Waals surface area contributed by atoms with Crippen LogP contribution >= 0.6 is 0 Å². The van der Waals surface area contributed by atoms with E-state index < -0.39 is 10.0 Å². The van der Waals surface area contributed by atoms with E-state index in [4.69, 9.17) is 5.10 Å². The van der Waals surface area contributed by atoms with Crippen molar-refractivity contribution in [1.82, 2.24) is 14.1 Å². The van der Waals surface area contributed by atoms with E-state index >= 15 is 0 Å². The molecule has 0 N–H and O–H groups in total. The molecule has 1 aromatic carbocycles. The van der Waals surface area contributed by atoms with Gasteiger partial charge in [-0.05, 0) is 25.2 Å². The second-order valence-electron chi connectivity index (χ2n) is 6.88. The third-order valence-electron chi connectivity index (χ3n) is 5.07. The molecule has 0 atom stereocenters. The molecule has 2 heterocycles. The van der Waals surface area contributed by atoms with Gasteiger partial charge in [-0.1, -0.05) is 30.3 Å². The molecular formula is C18H23N3O2S. The van der Waals surface area contributed by atoms with E-state index in [0.717, 1.165) is 42.6 Å². The summed E-state index contributed by atoms with van der Waals surface area (Å²) in [6.07, 6.45) is 3.59. The number of aromatic nitrogens is 2. The maximum atomic E-state index is 12.6. The standard InChI is InChI=1S/C18H23N3O2S/c1-20-17-10-12-21(24(22,23)13-14-7-8-14)11-9-16(17)18(19-20)15-5-3-2-4-6-15/h2-6,14H,7-13H2,1H3. The van der Waals surface area contributed by atoms with Crippen LogP contribution in [0.2, 0.25) is 0 Å². The van der Waals surface area contributed by atoms with Crippen LogP contribution in [-0.4, -0.2) is 41.3 Å². The summed E-state index contributed by atoms with van der Waals surface area (Å²) in [5.74, 6) is 0.717. The van der Waals surface area contributed by atoms with Crippen molar-refractivity contribution in [2.75, 3.05) is 18.8 Å². The van der Waals surface area contributed by atoms with Crippen molar-refractivity contribution in [2.45, 2.75) is 25.7 Å². The normalized spacial score (nSPS) is 19.0. The van der Waals surface area contributed by atoms with Crippen molar-refractivity contribution < 1.29 is 8.42 Å². The van der Waals surface area contributed by atoms with Crippen LogP contribution in [0.1, 0.15) is 24.1 Å². The van der Waals surface area contributed by atoms with Crippen LogP contribution in [0.15, 0.2) is 30.3 Å². The van der Waals surface area contributed by atoms with Crippen molar-refractivity contribution in [3.8, 4) is 11.3 Å². The number of hydrogen-bond donors (Lipinski definition) is 0. The Balaban J connectivity index is 1.61. The number of fused-ring (bicyclic) bond motifs is 1. The minimum Gasteiger partial charge on any atom is -0.272 e. The molecule has 6 heteroatoms. The number of hydrogen-bond acceptors (Lipinski definition) is 3. The van der Waals surface area contributed by atoms with Crippen molar-refractivity contribution in [1.29, 1.82) is 0 Å². The van der Waals surface area contributed by atoms with Gasteiger partial charge in [0.25, 0.3) is 0 Å². The van der Waals surface area contributed by atoms with Crippen molar-refractivity contribution in [3.05, 3.63) is 41.6 Å². The molecule has 2 aromatic rings. The molecule has 4 rings (SSSR count). The fourth-order valence-corrected chi connectivity index (χ4v) is 5.43. The van der Waals surface area contributed by atoms with Gasteiger partial charge in [0.1, 0.15) is 0 Å². The predicted octanol–water partition coefficient (Wildman–Crippen LogP) is 2.23. The Morgan fingerprint density at radius 2 is 1.83 bits per heavy atom. The predicted molar refractivity (Wildman–Crippen MR) is 94.1 cm³/mol. The monoisotopic (exact) mass is 345 g/mol. The first-order chi connectivity index (χ1) is 11.5. The maximum absolute atomic E-state index is 12.6. The van der Waals surface area contributed by atoms with Gasteiger partial charge in [0, 0.05) is 43.4 Å². The summed E-state index contributed by atoms with van der Waals surface area (Å²) in [5, 5.41) is 4.70. The van der Waals surface area contributed by atoms with Gasteiger partial charge in [0.15, 0.2) is 0 Å². The fourth-order valence-electron chi connectivity index (χ4n) is 3.55. The van der Waals surface area contributed by atoms with Gasteiger partial charge in [-0.3, -0.25) is 4.68 Å². The Bertz CT molecular complexity index is 839. The van der Waals surface area contributed by atoms with E-state index in [0.29, 0.717) is 24.8 Å². The molecule has 0 bridgehead atoms. The molecule has 1 aliphatic heterocycles. The lowest BCUT2D eigenvalue weighted by atomic mass is 10.0. The van der Waals surface area contributed by atoms with Crippen LogP contribution in [0.25, 0.3) is 11.3 Å². The third-order valence-corrected chi connectivity index (χ3v) is 7.11. The Hall–Kier alpha value is -1.66. The summed E-state index contributed by atoms with van der Waals surface area (Å²) in [6, 6.07) is 10.2. The Morgan fingerprint density at radius 1 is 1.12 bits per heavy atom. The highest BCUT2D eigenvalue weighted by atomic mass is 32.2. The lowest BCUT2D eigenvalue weighted by molar-refractivity contribution is 0.422. The smallest absolute Gasteiger partial charge is 0.214 e. The van der Waals surface area contributed by atoms with E-state index in [1.54, 1.807) is 4.31 Å². The molecule has 5 nitrogen and oxygen atoms in total. The lowest BCUT2D eigenvalue weighted by Crippen LogP contribution is -2.35. The highest BCUT2D eigenvalue weighted by Crippen LogP contribution is 2.32. The topological polar surface area (TPSA) is 55.2 Å². The van der Waals surface area contributed by atoms with Crippen LogP contribution in [-0.2, 0) is 29.9 Å². The molecular weight excluding hydrogens is 322 g/mol. The van der Waals surface area contributed by atoms with E-state index in [9.17, 15) is 8.42 Å². The minimum absolute atomic E-state index is 0.327. The highest BCUT2D eigenvalue weighted by Gasteiger charge is 2.33. The molecule has 0 unspecified atom stereocenters. The maximum Gasteiger partial charge on any atom is 0.214 e. The number of nitrogens with zero attached hydrogens (tertiary/aromatic N) is 3. The molecule has 0 spiro atoms. The van der Waals surface area contributed by atoms with Crippen molar-refractivity contribution in [3.63, 3.8) is 0 Å². The summed E-state index contributed by atoms with van der Waals surface area (Å²) in [7, 11) is -1.17. The van der Waals surface area contributed by atoms with Crippen LogP contribution in [0.3, 0.4) is 0 Å². The number of benzene rings is 1. The largest absolute Gasteiger partial charge is 0.272 e. The Labute approximate surface area is 143 Å². The van der Waals surface area contributed by atoms with Gasteiger partial charge in [-0.15, -0.1) is 0 Å². The molecule has 1 aliphatic carbocycles. The molecule has 1 saturated carbocycles. The zero-order valence-electron chi connectivity index (χ0n) is 14.0. The molecule has 2 aliphatic rings. The molecule has 1 aromatic heterocycles. The number of rotatable bonds is 4. The molecule has 0 saturated heterocycles. The lowest BCUT2D eigenvalue weighted by Gasteiger charge is -2.19. The summed E-state index contributed by atoms with van der Waals surface area (Å²) in [5.41, 5.74) is 4.46. The number of aryl methyl sites for hydroxylation is 1. The zero-order valence-corrected chi connectivity index (χ0v) is 14.8. The molecule has 0 radical (unpaired) electrons. The Kier molecular flexibility index (Phi) is 3.96. The SMILES string of the molecule is Cn1nc(-c2ccccc2)c2c1CCN(S(=O)(=O)CC1CC1)CC2. The average Bonchev–Trinajstić information content (AvgIpc) is 3.34. The Morgan fingerprint density at radius 3 is 2.54 bits per heavy atom. The summed E-state index contributed by atoms with van der Waals surface area (Å²) in [4.78, 5) is 0. The van der Waals surface area contributed by atoms with Crippen LogP contribution < -0.4 is 0 Å². The van der Waals surface area contributed by atoms with E-state index in [2.05, 4.69) is 12.1 Å². The zero-order chi connectivity index (χ0) is 16.7. The first-order valence-corrected chi connectivity index (χ1v) is 10.2. The highest BCUT2D eigenvalue weighted by molar-refractivity contribution is 7.89. The van der Waals surface area contributed by atoms with Crippen molar-refractivity contribution in [2.24, 2.45) is 13.0 Å². The quantitative estimate of drug-likeness (QED) is 0.854. The van der Waals surface area contributed by atoms with E-state index in [1.165, 1.54) is 5.56 Å². The van der Waals surface area contributed by atoms with Crippen LogP contribution in [0.5, 0.6) is 0 Å². The van der Waals surface area contributed by atoms with Crippen LogP contribution in [0.4, 0.5) is 0 Å². The second-order valence-corrected chi connectivity index (χ2v) is 8.90. The second kappa shape index (κ2) is 6.01. The summed E-state index contributed by atoms with van der Waals surface area (Å²) in [6.45, 7) is 1.13. The molecule has 1 fully saturated rings. The third kappa shape index (κ3) is 3.00. The first kappa shape index (κ1) is 15.8. The van der Waals surface area contributed by atoms with Gasteiger partial charge >= 0.3 is 0 Å². The van der Waals surface area contributed by atoms with Gasteiger partial charge in [-0.2, -0.15) is 5.10 Å². The van der Waals surface area contributed by atoms with E-state index in [-0.39, 0.29) is 0 Å².